The number of nitrogens with one attached hydrogen (secondary N) is 1. The monoisotopic (exact) mass is 394 g/mol. The van der Waals surface area contributed by atoms with E-state index >= 15 is 0 Å². The molecule has 17 heavy (non-hydrogen) atoms. The fourth-order valence-electron chi connectivity index (χ4n) is 1.30. The van der Waals surface area contributed by atoms with Gasteiger partial charge in [-0.1, -0.05) is 12.2 Å². The van der Waals surface area contributed by atoms with Gasteiger partial charge in [0.05, 0.1) is 21.7 Å². The molecule has 3 nitrogen and oxygen atoms in total. The topological polar surface area (TPSA) is 37.9 Å². The number of H-pyrrole nitrogens is 1. The largest absolute Gasteiger partial charge is 0.378 e. The van der Waals surface area contributed by atoms with E-state index in [1.165, 1.54) is 0 Å². The average Bonchev–Trinajstić information content (AvgIpc) is 2.71. The van der Waals surface area contributed by atoms with Crippen molar-refractivity contribution in [2.24, 2.45) is 0 Å². The van der Waals surface area contributed by atoms with Crippen molar-refractivity contribution in [2.75, 3.05) is 7.11 Å². The number of halogens is 2. The second-order valence-corrected chi connectivity index (χ2v) is 6.25. The van der Waals surface area contributed by atoms with E-state index in [2.05, 4.69) is 41.8 Å². The van der Waals surface area contributed by atoms with Crippen molar-refractivity contribution >= 4 is 55.4 Å². The van der Waals surface area contributed by atoms with Gasteiger partial charge in [0, 0.05) is 17.0 Å². The first kappa shape index (κ1) is 13.4. The van der Waals surface area contributed by atoms with Gasteiger partial charge in [0.2, 0.25) is 0 Å². The molecule has 90 valence electrons. The highest BCUT2D eigenvalue weighted by molar-refractivity contribution is 9.10. The minimum absolute atomic E-state index is 0.465. The lowest BCUT2D eigenvalue weighted by molar-refractivity contribution is 0.181. The molecule has 0 fully saturated rings. The zero-order valence-corrected chi connectivity index (χ0v) is 13.6. The van der Waals surface area contributed by atoms with Gasteiger partial charge in [0.1, 0.15) is 10.5 Å². The predicted octanol–water partition coefficient (Wildman–Crippen LogP) is 4.54. The zero-order valence-electron chi connectivity index (χ0n) is 8.79. The molecule has 0 radical (unpaired) electrons. The molecule has 0 aliphatic carbocycles. The highest BCUT2D eigenvalue weighted by Gasteiger charge is 2.09. The van der Waals surface area contributed by atoms with Crippen LogP contribution in [0.5, 0.6) is 0 Å². The van der Waals surface area contributed by atoms with Gasteiger partial charge in [-0.2, -0.15) is 0 Å². The van der Waals surface area contributed by atoms with Crippen molar-refractivity contribution in [3.63, 3.8) is 0 Å². The molecule has 0 saturated carbocycles. The Kier molecular flexibility index (Phi) is 4.48. The molecular formula is C10H8Br2N2OS2. The molecule has 0 saturated heterocycles. The van der Waals surface area contributed by atoms with E-state index in [1.54, 1.807) is 18.4 Å². The van der Waals surface area contributed by atoms with Crippen LogP contribution in [0.25, 0.3) is 10.7 Å². The number of aromatic nitrogens is 2. The van der Waals surface area contributed by atoms with Crippen molar-refractivity contribution in [3.05, 3.63) is 30.7 Å². The molecule has 2 aromatic heterocycles. The fraction of sp³-hybridized carbons (Fsp3) is 0.200. The normalized spacial score (nSPS) is 10.8. The highest BCUT2D eigenvalue weighted by Crippen LogP contribution is 2.29. The van der Waals surface area contributed by atoms with E-state index in [9.17, 15) is 0 Å². The van der Waals surface area contributed by atoms with E-state index in [0.717, 1.165) is 25.3 Å². The van der Waals surface area contributed by atoms with Gasteiger partial charge >= 0.3 is 0 Å². The summed E-state index contributed by atoms with van der Waals surface area (Å²) in [4.78, 5) is 8.60. The van der Waals surface area contributed by atoms with Crippen LogP contribution < -0.4 is 0 Å². The molecule has 0 spiro atoms. The summed E-state index contributed by atoms with van der Waals surface area (Å²) in [5, 5.41) is 2.01. The molecule has 0 atom stereocenters. The Morgan fingerprint density at radius 1 is 1.53 bits per heavy atom. The molecule has 0 aromatic carbocycles. The van der Waals surface area contributed by atoms with Gasteiger partial charge in [-0.25, -0.2) is 4.98 Å². The van der Waals surface area contributed by atoms with Crippen LogP contribution in [0.1, 0.15) is 5.69 Å². The molecule has 0 aliphatic heterocycles. The maximum atomic E-state index is 5.21. The van der Waals surface area contributed by atoms with Crippen molar-refractivity contribution in [2.45, 2.75) is 6.61 Å². The van der Waals surface area contributed by atoms with Crippen LogP contribution in [0.3, 0.4) is 0 Å². The van der Waals surface area contributed by atoms with Crippen LogP contribution in [0.15, 0.2) is 20.4 Å². The van der Waals surface area contributed by atoms with Crippen molar-refractivity contribution in [1.82, 2.24) is 9.97 Å². The Hall–Kier alpha value is -0.0800. The van der Waals surface area contributed by atoms with E-state index in [4.69, 9.17) is 17.0 Å². The number of rotatable bonds is 3. The number of nitrogens with zero attached hydrogens (tertiary/aromatic N) is 1. The summed E-state index contributed by atoms with van der Waals surface area (Å²) in [6.07, 6.45) is 0. The van der Waals surface area contributed by atoms with Crippen molar-refractivity contribution < 1.29 is 4.74 Å². The summed E-state index contributed by atoms with van der Waals surface area (Å²) in [6, 6.07) is 2.00. The summed E-state index contributed by atoms with van der Waals surface area (Å²) in [5.74, 6) is 0.765. The third-order valence-electron chi connectivity index (χ3n) is 2.02. The number of thiophene rings is 1. The highest BCUT2D eigenvalue weighted by atomic mass is 79.9. The third-order valence-corrected chi connectivity index (χ3v) is 5.13. The lowest BCUT2D eigenvalue weighted by atomic mass is 10.4. The van der Waals surface area contributed by atoms with E-state index in [0.29, 0.717) is 11.2 Å². The Morgan fingerprint density at radius 2 is 2.29 bits per heavy atom. The molecular weight excluding hydrogens is 388 g/mol. The van der Waals surface area contributed by atoms with Crippen LogP contribution >= 0.6 is 55.4 Å². The van der Waals surface area contributed by atoms with Crippen LogP contribution in [-0.2, 0) is 11.3 Å². The number of ether oxygens (including phenoxy) is 1. The summed E-state index contributed by atoms with van der Waals surface area (Å²) in [6.45, 7) is 0.465. The van der Waals surface area contributed by atoms with Gasteiger partial charge in [0.15, 0.2) is 0 Å². The molecule has 2 aromatic rings. The maximum absolute atomic E-state index is 5.21. The van der Waals surface area contributed by atoms with Crippen LogP contribution in [0.2, 0.25) is 0 Å². The van der Waals surface area contributed by atoms with E-state index in [1.807, 2.05) is 11.4 Å². The second kappa shape index (κ2) is 5.71. The second-order valence-electron chi connectivity index (χ2n) is 3.25. The lowest BCUT2D eigenvalue weighted by Gasteiger charge is -2.06. The van der Waals surface area contributed by atoms with Gasteiger partial charge < -0.3 is 9.72 Å². The first-order valence-corrected chi connectivity index (χ1v) is 7.51. The first-order chi connectivity index (χ1) is 8.11. The fourth-order valence-corrected chi connectivity index (χ4v) is 3.19. The lowest BCUT2D eigenvalue weighted by Crippen LogP contribution is -1.99. The molecule has 2 heterocycles. The Bertz CT molecular complexity index is 594. The van der Waals surface area contributed by atoms with Gasteiger partial charge in [-0.15, -0.1) is 11.3 Å². The summed E-state index contributed by atoms with van der Waals surface area (Å²) >= 11 is 13.6. The summed E-state index contributed by atoms with van der Waals surface area (Å²) < 4.78 is 7.48. The molecule has 0 unspecified atom stereocenters. The Balaban J connectivity index is 2.52. The molecule has 2 rings (SSSR count). The summed E-state index contributed by atoms with van der Waals surface area (Å²) in [5.41, 5.74) is 0.895. The average molecular weight is 396 g/mol. The Labute approximate surface area is 125 Å². The molecule has 0 bridgehead atoms. The quantitative estimate of drug-likeness (QED) is 0.775. The van der Waals surface area contributed by atoms with Crippen LogP contribution in [0, 0.1) is 4.64 Å². The predicted molar refractivity (Wildman–Crippen MR) is 78.8 cm³/mol. The zero-order chi connectivity index (χ0) is 12.4. The third kappa shape index (κ3) is 3.03. The molecule has 0 aliphatic rings. The maximum Gasteiger partial charge on any atom is 0.149 e. The number of aromatic amines is 1. The SMILES string of the molecule is COCc1[nH]c(-c2cc(Br)cs2)nc(=S)c1Br. The molecule has 0 amide bonds. The van der Waals surface area contributed by atoms with E-state index < -0.39 is 0 Å². The number of methoxy groups -OCH3 is 1. The minimum Gasteiger partial charge on any atom is -0.378 e. The van der Waals surface area contributed by atoms with Crippen LogP contribution in [-0.4, -0.2) is 17.1 Å². The van der Waals surface area contributed by atoms with E-state index in [-0.39, 0.29) is 0 Å². The van der Waals surface area contributed by atoms with Crippen molar-refractivity contribution in [1.29, 1.82) is 0 Å². The van der Waals surface area contributed by atoms with Gasteiger partial charge in [-0.3, -0.25) is 0 Å². The van der Waals surface area contributed by atoms with Crippen molar-refractivity contribution in [3.8, 4) is 10.7 Å². The minimum atomic E-state index is 0.465. The van der Waals surface area contributed by atoms with Gasteiger partial charge in [-0.05, 0) is 37.9 Å². The summed E-state index contributed by atoms with van der Waals surface area (Å²) in [7, 11) is 1.64. The standard InChI is InChI=1S/C10H8Br2N2OS2/c1-15-3-6-8(12)10(16)14-9(13-6)7-2-5(11)4-17-7/h2,4H,3H2,1H3,(H,13,14,16). The first-order valence-electron chi connectivity index (χ1n) is 4.64. The number of hydrogen-bond acceptors (Lipinski definition) is 4. The van der Waals surface area contributed by atoms with Gasteiger partial charge in [0.25, 0.3) is 0 Å². The number of hydrogen-bond donors (Lipinski definition) is 1. The van der Waals surface area contributed by atoms with Crippen LogP contribution in [0.4, 0.5) is 0 Å². The smallest absolute Gasteiger partial charge is 0.149 e. The molecule has 1 N–H and O–H groups in total. The molecule has 7 heteroatoms. The Morgan fingerprint density at radius 3 is 2.88 bits per heavy atom.